The summed E-state index contributed by atoms with van der Waals surface area (Å²) < 4.78 is 6.46. The highest BCUT2D eigenvalue weighted by Gasteiger charge is 2.28. The molecule has 0 unspecified atom stereocenters. The summed E-state index contributed by atoms with van der Waals surface area (Å²) in [7, 11) is 1.40. The number of carbonyl (C=O) groups excluding carboxylic acids is 1. The summed E-state index contributed by atoms with van der Waals surface area (Å²) in [5.74, 6) is 1.37. The topological polar surface area (TPSA) is 44.1 Å². The normalized spacial score (nSPS) is 15.8. The average Bonchev–Trinajstić information content (AvgIpc) is 2.88. The second-order valence-electron chi connectivity index (χ2n) is 3.26. The van der Waals surface area contributed by atoms with Gasteiger partial charge in [-0.05, 0) is 12.8 Å². The molecule has 0 N–H and O–H groups in total. The fraction of sp³-hybridized carbons (Fsp3) is 0.556. The predicted molar refractivity (Wildman–Crippen MR) is 46.2 cm³/mol. The molecule has 1 heterocycles. The van der Waals surface area contributed by atoms with Gasteiger partial charge < -0.3 is 9.30 Å². The Hall–Kier alpha value is -1.32. The van der Waals surface area contributed by atoms with Crippen LogP contribution in [0.1, 0.15) is 24.6 Å². The lowest BCUT2D eigenvalue weighted by atomic mass is 10.4. The SMILES string of the molecule is COC(=O)Cn1ccnc1C1CC1. The van der Waals surface area contributed by atoms with Crippen molar-refractivity contribution >= 4 is 5.97 Å². The zero-order valence-corrected chi connectivity index (χ0v) is 7.56. The maximum absolute atomic E-state index is 11.0. The van der Waals surface area contributed by atoms with E-state index >= 15 is 0 Å². The van der Waals surface area contributed by atoms with E-state index in [-0.39, 0.29) is 12.5 Å². The minimum Gasteiger partial charge on any atom is -0.468 e. The number of hydrogen-bond donors (Lipinski definition) is 0. The third-order valence-corrected chi connectivity index (χ3v) is 2.22. The number of aromatic nitrogens is 2. The van der Waals surface area contributed by atoms with Gasteiger partial charge in [0.25, 0.3) is 0 Å². The maximum Gasteiger partial charge on any atom is 0.325 e. The predicted octanol–water partition coefficient (Wildman–Crippen LogP) is 0.933. The van der Waals surface area contributed by atoms with Crippen LogP contribution in [0.2, 0.25) is 0 Å². The molecule has 0 atom stereocenters. The molecule has 0 amide bonds. The van der Waals surface area contributed by atoms with Gasteiger partial charge in [-0.3, -0.25) is 4.79 Å². The maximum atomic E-state index is 11.0. The van der Waals surface area contributed by atoms with Gasteiger partial charge in [-0.15, -0.1) is 0 Å². The molecule has 1 aromatic rings. The molecule has 0 radical (unpaired) electrons. The Morgan fingerprint density at radius 2 is 2.54 bits per heavy atom. The second-order valence-corrected chi connectivity index (χ2v) is 3.26. The minimum atomic E-state index is -0.222. The van der Waals surface area contributed by atoms with Crippen molar-refractivity contribution < 1.29 is 9.53 Å². The molecule has 2 rings (SSSR count). The van der Waals surface area contributed by atoms with Gasteiger partial charge >= 0.3 is 5.97 Å². The molecule has 0 aliphatic heterocycles. The number of ether oxygens (including phenoxy) is 1. The smallest absolute Gasteiger partial charge is 0.325 e. The fourth-order valence-electron chi connectivity index (χ4n) is 1.36. The Labute approximate surface area is 76.5 Å². The Morgan fingerprint density at radius 1 is 1.77 bits per heavy atom. The van der Waals surface area contributed by atoms with Crippen molar-refractivity contribution in [1.82, 2.24) is 9.55 Å². The Morgan fingerprint density at radius 3 is 3.15 bits per heavy atom. The summed E-state index contributed by atoms with van der Waals surface area (Å²) in [6.45, 7) is 0.280. The standard InChI is InChI=1S/C9H12N2O2/c1-13-8(12)6-11-5-4-10-9(11)7-2-3-7/h4-5,7H,2-3,6H2,1H3. The number of nitrogens with zero attached hydrogens (tertiary/aromatic N) is 2. The van der Waals surface area contributed by atoms with Crippen molar-refractivity contribution in [2.75, 3.05) is 7.11 Å². The number of methoxy groups -OCH3 is 1. The molecule has 0 bridgehead atoms. The van der Waals surface area contributed by atoms with Gasteiger partial charge in [0, 0.05) is 18.3 Å². The zero-order valence-electron chi connectivity index (χ0n) is 7.56. The highest BCUT2D eigenvalue weighted by Crippen LogP contribution is 2.38. The van der Waals surface area contributed by atoms with E-state index in [1.807, 2.05) is 10.8 Å². The summed E-state index contributed by atoms with van der Waals surface area (Å²) in [5.41, 5.74) is 0. The molecule has 1 saturated carbocycles. The van der Waals surface area contributed by atoms with Crippen molar-refractivity contribution in [1.29, 1.82) is 0 Å². The van der Waals surface area contributed by atoms with Crippen LogP contribution in [0.3, 0.4) is 0 Å². The van der Waals surface area contributed by atoms with Crippen LogP contribution < -0.4 is 0 Å². The molecular weight excluding hydrogens is 168 g/mol. The van der Waals surface area contributed by atoms with Crippen LogP contribution >= 0.6 is 0 Å². The molecule has 0 aromatic carbocycles. The molecule has 1 aliphatic rings. The van der Waals surface area contributed by atoms with Gasteiger partial charge in [0.15, 0.2) is 0 Å². The molecule has 0 spiro atoms. The molecule has 1 aromatic heterocycles. The van der Waals surface area contributed by atoms with Gasteiger partial charge in [-0.1, -0.05) is 0 Å². The first kappa shape index (κ1) is 8.29. The van der Waals surface area contributed by atoms with Gasteiger partial charge in [0.05, 0.1) is 7.11 Å². The first-order valence-corrected chi connectivity index (χ1v) is 4.39. The number of imidazole rings is 1. The monoisotopic (exact) mass is 180 g/mol. The lowest BCUT2D eigenvalue weighted by Crippen LogP contribution is -2.12. The van der Waals surface area contributed by atoms with Crippen molar-refractivity contribution in [3.63, 3.8) is 0 Å². The van der Waals surface area contributed by atoms with Crippen LogP contribution in [0.25, 0.3) is 0 Å². The summed E-state index contributed by atoms with van der Waals surface area (Å²) in [5, 5.41) is 0. The van der Waals surface area contributed by atoms with Gasteiger partial charge in [-0.25, -0.2) is 4.98 Å². The van der Waals surface area contributed by atoms with E-state index in [9.17, 15) is 4.79 Å². The molecule has 4 heteroatoms. The van der Waals surface area contributed by atoms with Crippen molar-refractivity contribution in [3.8, 4) is 0 Å². The van der Waals surface area contributed by atoms with Crippen molar-refractivity contribution in [3.05, 3.63) is 18.2 Å². The lowest BCUT2D eigenvalue weighted by Gasteiger charge is -2.04. The molecule has 4 nitrogen and oxygen atoms in total. The van der Waals surface area contributed by atoms with Crippen molar-refractivity contribution in [2.45, 2.75) is 25.3 Å². The van der Waals surface area contributed by atoms with Crippen LogP contribution in [0, 0.1) is 0 Å². The number of hydrogen-bond acceptors (Lipinski definition) is 3. The quantitative estimate of drug-likeness (QED) is 0.650. The minimum absolute atomic E-state index is 0.222. The summed E-state index contributed by atoms with van der Waals surface area (Å²) >= 11 is 0. The van der Waals surface area contributed by atoms with E-state index in [1.54, 1.807) is 6.20 Å². The summed E-state index contributed by atoms with van der Waals surface area (Å²) in [6, 6.07) is 0. The molecule has 1 aliphatic carbocycles. The largest absolute Gasteiger partial charge is 0.468 e. The van der Waals surface area contributed by atoms with E-state index in [0.717, 1.165) is 5.82 Å². The third kappa shape index (κ3) is 1.71. The van der Waals surface area contributed by atoms with Gasteiger partial charge in [0.2, 0.25) is 0 Å². The van der Waals surface area contributed by atoms with E-state index in [2.05, 4.69) is 9.72 Å². The second kappa shape index (κ2) is 3.20. The fourth-order valence-corrected chi connectivity index (χ4v) is 1.36. The molecule has 1 fully saturated rings. The highest BCUT2D eigenvalue weighted by atomic mass is 16.5. The molecule has 13 heavy (non-hydrogen) atoms. The van der Waals surface area contributed by atoms with Gasteiger partial charge in [0.1, 0.15) is 12.4 Å². The third-order valence-electron chi connectivity index (χ3n) is 2.22. The Balaban J connectivity index is 2.10. The number of esters is 1. The zero-order chi connectivity index (χ0) is 9.26. The van der Waals surface area contributed by atoms with Crippen LogP contribution in [0.4, 0.5) is 0 Å². The average molecular weight is 180 g/mol. The first-order valence-electron chi connectivity index (χ1n) is 4.39. The molecule has 70 valence electrons. The van der Waals surface area contributed by atoms with Crippen molar-refractivity contribution in [2.24, 2.45) is 0 Å². The number of rotatable bonds is 3. The Bertz CT molecular complexity index is 315. The first-order chi connectivity index (χ1) is 6.31. The van der Waals surface area contributed by atoms with E-state index < -0.39 is 0 Å². The van der Waals surface area contributed by atoms with Crippen LogP contribution in [0.15, 0.2) is 12.4 Å². The van der Waals surface area contributed by atoms with E-state index in [4.69, 9.17) is 0 Å². The summed E-state index contributed by atoms with van der Waals surface area (Å²) in [6.07, 6.45) is 5.94. The summed E-state index contributed by atoms with van der Waals surface area (Å²) in [4.78, 5) is 15.2. The lowest BCUT2D eigenvalue weighted by molar-refractivity contribution is -0.141. The van der Waals surface area contributed by atoms with Crippen LogP contribution in [-0.2, 0) is 16.1 Å². The highest BCUT2D eigenvalue weighted by molar-refractivity contribution is 5.69. The van der Waals surface area contributed by atoms with E-state index in [1.165, 1.54) is 20.0 Å². The Kier molecular flexibility index (Phi) is 2.04. The number of carbonyl (C=O) groups is 1. The molecular formula is C9H12N2O2. The van der Waals surface area contributed by atoms with Gasteiger partial charge in [-0.2, -0.15) is 0 Å². The molecule has 0 saturated heterocycles. The van der Waals surface area contributed by atoms with Crippen LogP contribution in [-0.4, -0.2) is 22.6 Å². The van der Waals surface area contributed by atoms with E-state index in [0.29, 0.717) is 5.92 Å². The van der Waals surface area contributed by atoms with Crippen LogP contribution in [0.5, 0.6) is 0 Å².